The Hall–Kier alpha value is -0.370. The van der Waals surface area contributed by atoms with Crippen molar-refractivity contribution in [2.45, 2.75) is 32.1 Å². The van der Waals surface area contributed by atoms with E-state index in [1.807, 2.05) is 0 Å². The minimum absolute atomic E-state index is 0.136. The molecule has 1 aliphatic rings. The van der Waals surface area contributed by atoms with Gasteiger partial charge >= 0.3 is 0 Å². The van der Waals surface area contributed by atoms with E-state index in [4.69, 9.17) is 0 Å². The molecule has 0 saturated heterocycles. The summed E-state index contributed by atoms with van der Waals surface area (Å²) >= 11 is 3.43. The summed E-state index contributed by atoms with van der Waals surface area (Å²) in [6, 6.07) is 3.22. The normalized spacial score (nSPS) is 18.8. The summed E-state index contributed by atoms with van der Waals surface area (Å²) in [7, 11) is 0. The topological polar surface area (TPSA) is 0 Å². The fourth-order valence-electron chi connectivity index (χ4n) is 2.15. The molecule has 0 saturated carbocycles. The number of halogens is 2. The largest absolute Gasteiger partial charge is 0.207 e. The van der Waals surface area contributed by atoms with Crippen LogP contribution in [0.5, 0.6) is 0 Å². The number of rotatable bonds is 0. The molecule has 0 unspecified atom stereocenters. The lowest BCUT2D eigenvalue weighted by Crippen LogP contribution is -2.12. The molecule has 0 aromatic heterocycles. The molecule has 0 heterocycles. The Bertz CT molecular complexity index is 355. The minimum Gasteiger partial charge on any atom is -0.207 e. The van der Waals surface area contributed by atoms with Gasteiger partial charge in [0.05, 0.1) is 0 Å². The first kappa shape index (κ1) is 9.20. The van der Waals surface area contributed by atoms with Gasteiger partial charge in [0, 0.05) is 4.47 Å². The summed E-state index contributed by atoms with van der Waals surface area (Å²) in [4.78, 5) is 0. The third-order valence-corrected chi connectivity index (χ3v) is 3.46. The van der Waals surface area contributed by atoms with Crippen LogP contribution in [0.4, 0.5) is 4.39 Å². The molecule has 0 amide bonds. The molecule has 0 N–H and O–H groups in total. The molecule has 0 bridgehead atoms. The zero-order chi connectivity index (χ0) is 9.64. The van der Waals surface area contributed by atoms with Crippen LogP contribution in [0.25, 0.3) is 0 Å². The molecule has 0 radical (unpaired) electrons. The molecule has 70 valence electrons. The fraction of sp³-hybridized carbons (Fsp3) is 0.455. The number of hydrogen-bond acceptors (Lipinski definition) is 0. The van der Waals surface area contributed by atoms with E-state index in [0.29, 0.717) is 0 Å². The lowest BCUT2D eigenvalue weighted by Gasteiger charge is -2.20. The SMILES string of the molecule is CC1(C)CCc2cc(F)cc(Br)c21. The highest BCUT2D eigenvalue weighted by Crippen LogP contribution is 2.42. The van der Waals surface area contributed by atoms with E-state index >= 15 is 0 Å². The highest BCUT2D eigenvalue weighted by molar-refractivity contribution is 9.10. The van der Waals surface area contributed by atoms with Crippen molar-refractivity contribution in [2.75, 3.05) is 0 Å². The lowest BCUT2D eigenvalue weighted by molar-refractivity contribution is 0.520. The fourth-order valence-corrected chi connectivity index (χ4v) is 3.16. The molecule has 0 fully saturated rings. The van der Waals surface area contributed by atoms with E-state index in [2.05, 4.69) is 29.8 Å². The molecular formula is C11H12BrF. The van der Waals surface area contributed by atoms with Gasteiger partial charge in [0.2, 0.25) is 0 Å². The van der Waals surface area contributed by atoms with Gasteiger partial charge in [0.15, 0.2) is 0 Å². The maximum atomic E-state index is 13.0. The predicted molar refractivity (Wildman–Crippen MR) is 55.4 cm³/mol. The molecule has 1 aromatic carbocycles. The van der Waals surface area contributed by atoms with E-state index in [1.165, 1.54) is 5.56 Å². The van der Waals surface area contributed by atoms with Crippen LogP contribution >= 0.6 is 15.9 Å². The highest BCUT2D eigenvalue weighted by Gasteiger charge is 2.31. The van der Waals surface area contributed by atoms with Crippen molar-refractivity contribution < 1.29 is 4.39 Å². The lowest BCUT2D eigenvalue weighted by atomic mass is 9.87. The Morgan fingerprint density at radius 2 is 2.08 bits per heavy atom. The van der Waals surface area contributed by atoms with Crippen molar-refractivity contribution in [3.05, 3.63) is 33.5 Å². The van der Waals surface area contributed by atoms with Crippen molar-refractivity contribution in [1.82, 2.24) is 0 Å². The summed E-state index contributed by atoms with van der Waals surface area (Å²) in [5, 5.41) is 0. The van der Waals surface area contributed by atoms with Crippen LogP contribution in [0.15, 0.2) is 16.6 Å². The van der Waals surface area contributed by atoms with Crippen LogP contribution in [0, 0.1) is 5.82 Å². The van der Waals surface area contributed by atoms with Crippen LogP contribution in [0.2, 0.25) is 0 Å². The summed E-state index contributed by atoms with van der Waals surface area (Å²) in [6.45, 7) is 4.42. The maximum absolute atomic E-state index is 13.0. The molecule has 1 aliphatic carbocycles. The summed E-state index contributed by atoms with van der Waals surface area (Å²) in [5.41, 5.74) is 2.65. The van der Waals surface area contributed by atoms with Gasteiger partial charge in [-0.05, 0) is 41.5 Å². The third-order valence-electron chi connectivity index (χ3n) is 2.83. The second-order valence-corrected chi connectivity index (χ2v) is 5.16. The first-order valence-electron chi connectivity index (χ1n) is 4.49. The third kappa shape index (κ3) is 1.41. The first-order valence-corrected chi connectivity index (χ1v) is 5.28. The van der Waals surface area contributed by atoms with E-state index in [9.17, 15) is 4.39 Å². The maximum Gasteiger partial charge on any atom is 0.124 e. The van der Waals surface area contributed by atoms with E-state index in [0.717, 1.165) is 22.9 Å². The Labute approximate surface area is 86.3 Å². The number of aryl methyl sites for hydroxylation is 1. The molecule has 2 heteroatoms. The molecule has 0 atom stereocenters. The Kier molecular flexibility index (Phi) is 1.99. The summed E-state index contributed by atoms with van der Waals surface area (Å²) < 4.78 is 14.0. The van der Waals surface area contributed by atoms with Gasteiger partial charge in [0.25, 0.3) is 0 Å². The van der Waals surface area contributed by atoms with Gasteiger partial charge < -0.3 is 0 Å². The predicted octanol–water partition coefficient (Wildman–Crippen LogP) is 3.81. The Morgan fingerprint density at radius 1 is 1.38 bits per heavy atom. The smallest absolute Gasteiger partial charge is 0.124 e. The van der Waals surface area contributed by atoms with Crippen molar-refractivity contribution in [2.24, 2.45) is 0 Å². The quantitative estimate of drug-likeness (QED) is 0.649. The number of benzene rings is 1. The zero-order valence-electron chi connectivity index (χ0n) is 7.82. The number of hydrogen-bond donors (Lipinski definition) is 0. The second-order valence-electron chi connectivity index (χ2n) is 4.31. The highest BCUT2D eigenvalue weighted by atomic mass is 79.9. The van der Waals surface area contributed by atoms with Crippen LogP contribution in [0.1, 0.15) is 31.4 Å². The minimum atomic E-state index is -0.136. The van der Waals surface area contributed by atoms with Crippen LogP contribution in [0.3, 0.4) is 0 Å². The molecule has 2 rings (SSSR count). The van der Waals surface area contributed by atoms with Gasteiger partial charge in [-0.1, -0.05) is 29.8 Å². The molecule has 0 aliphatic heterocycles. The zero-order valence-corrected chi connectivity index (χ0v) is 9.41. The van der Waals surface area contributed by atoms with Crippen LogP contribution < -0.4 is 0 Å². The van der Waals surface area contributed by atoms with Gasteiger partial charge in [-0.3, -0.25) is 0 Å². The summed E-state index contributed by atoms with van der Waals surface area (Å²) in [5.74, 6) is -0.136. The van der Waals surface area contributed by atoms with E-state index in [1.54, 1.807) is 12.1 Å². The molecule has 1 aromatic rings. The van der Waals surface area contributed by atoms with Gasteiger partial charge in [-0.2, -0.15) is 0 Å². The number of fused-ring (bicyclic) bond motifs is 1. The van der Waals surface area contributed by atoms with Crippen LogP contribution in [-0.2, 0) is 11.8 Å². The monoisotopic (exact) mass is 242 g/mol. The van der Waals surface area contributed by atoms with Gasteiger partial charge in [0.1, 0.15) is 5.82 Å². The Balaban J connectivity index is 2.65. The van der Waals surface area contributed by atoms with Gasteiger partial charge in [-0.15, -0.1) is 0 Å². The molecule has 0 spiro atoms. The van der Waals surface area contributed by atoms with Crippen LogP contribution in [-0.4, -0.2) is 0 Å². The summed E-state index contributed by atoms with van der Waals surface area (Å²) in [6.07, 6.45) is 2.11. The average Bonchev–Trinajstić information content (AvgIpc) is 2.26. The van der Waals surface area contributed by atoms with E-state index < -0.39 is 0 Å². The van der Waals surface area contributed by atoms with E-state index in [-0.39, 0.29) is 11.2 Å². The van der Waals surface area contributed by atoms with Crippen molar-refractivity contribution in [3.63, 3.8) is 0 Å². The first-order chi connectivity index (χ1) is 6.00. The van der Waals surface area contributed by atoms with Crippen molar-refractivity contribution >= 4 is 15.9 Å². The molecule has 0 nitrogen and oxygen atoms in total. The average molecular weight is 243 g/mol. The molecular weight excluding hydrogens is 231 g/mol. The Morgan fingerprint density at radius 3 is 2.77 bits per heavy atom. The van der Waals surface area contributed by atoms with Gasteiger partial charge in [-0.25, -0.2) is 4.39 Å². The van der Waals surface area contributed by atoms with Crippen molar-refractivity contribution in [3.8, 4) is 0 Å². The second kappa shape index (κ2) is 2.81. The molecule has 13 heavy (non-hydrogen) atoms. The standard InChI is InChI=1S/C11H12BrF/c1-11(2)4-3-7-5-8(13)6-9(12)10(7)11/h5-6H,3-4H2,1-2H3. The van der Waals surface area contributed by atoms with Crippen molar-refractivity contribution in [1.29, 1.82) is 0 Å².